The largest absolute Gasteiger partial charge is 0.373 e. The Hall–Kier alpha value is -1.20. The molecule has 3 nitrogen and oxygen atoms in total. The van der Waals surface area contributed by atoms with E-state index in [4.69, 9.17) is 11.6 Å². The predicted molar refractivity (Wildman–Crippen MR) is 83.8 cm³/mol. The molecule has 0 aliphatic carbocycles. The minimum Gasteiger partial charge on any atom is -0.373 e. The van der Waals surface area contributed by atoms with Crippen molar-refractivity contribution >= 4 is 33.3 Å². The van der Waals surface area contributed by atoms with Crippen LogP contribution in [-0.4, -0.2) is 17.0 Å². The molecular weight excluding hydrogens is 345 g/mol. The third-order valence-electron chi connectivity index (χ3n) is 2.99. The van der Waals surface area contributed by atoms with Crippen LogP contribution in [0.2, 0.25) is 5.02 Å². The number of hydrogen-bond donors (Lipinski definition) is 1. The van der Waals surface area contributed by atoms with Crippen molar-refractivity contribution in [2.24, 2.45) is 0 Å². The second-order valence-electron chi connectivity index (χ2n) is 4.61. The highest BCUT2D eigenvalue weighted by atomic mass is 79.9. The summed E-state index contributed by atoms with van der Waals surface area (Å²) in [5, 5.41) is 3.07. The van der Waals surface area contributed by atoms with E-state index in [2.05, 4.69) is 31.2 Å². The van der Waals surface area contributed by atoms with Crippen LogP contribution in [0.15, 0.2) is 22.9 Å². The first-order chi connectivity index (χ1) is 9.47. The summed E-state index contributed by atoms with van der Waals surface area (Å²) in [6.45, 7) is 4.03. The molecule has 0 radical (unpaired) electrons. The molecule has 0 aliphatic rings. The highest BCUT2D eigenvalue weighted by Gasteiger charge is 2.20. The molecule has 1 N–H and O–H groups in total. The van der Waals surface area contributed by atoms with Crippen LogP contribution in [-0.2, 0) is 0 Å². The van der Waals surface area contributed by atoms with Crippen LogP contribution in [0.4, 0.5) is 10.2 Å². The van der Waals surface area contributed by atoms with Gasteiger partial charge < -0.3 is 5.32 Å². The van der Waals surface area contributed by atoms with Gasteiger partial charge in [-0.05, 0) is 34.0 Å². The first-order valence-electron chi connectivity index (χ1n) is 6.13. The molecule has 0 atom stereocenters. The SMILES string of the molecule is CNc1ncnc(-c2ccc(Br)c(Cl)c2F)c1C(C)C. The quantitative estimate of drug-likeness (QED) is 0.796. The molecule has 20 heavy (non-hydrogen) atoms. The number of aromatic nitrogens is 2. The lowest BCUT2D eigenvalue weighted by molar-refractivity contribution is 0.629. The number of anilines is 1. The van der Waals surface area contributed by atoms with Crippen molar-refractivity contribution in [2.75, 3.05) is 12.4 Å². The van der Waals surface area contributed by atoms with E-state index in [1.165, 1.54) is 6.33 Å². The van der Waals surface area contributed by atoms with Gasteiger partial charge in [0.2, 0.25) is 0 Å². The summed E-state index contributed by atoms with van der Waals surface area (Å²) in [5.74, 6) is 0.364. The Labute approximate surface area is 130 Å². The first-order valence-corrected chi connectivity index (χ1v) is 7.31. The molecule has 0 aliphatic heterocycles. The summed E-state index contributed by atoms with van der Waals surface area (Å²) in [6, 6.07) is 3.38. The van der Waals surface area contributed by atoms with Crippen LogP contribution in [0.5, 0.6) is 0 Å². The summed E-state index contributed by atoms with van der Waals surface area (Å²) >= 11 is 9.17. The van der Waals surface area contributed by atoms with Crippen LogP contribution in [0.25, 0.3) is 11.3 Å². The lowest BCUT2D eigenvalue weighted by Gasteiger charge is -2.16. The van der Waals surface area contributed by atoms with Gasteiger partial charge in [0.15, 0.2) is 5.82 Å². The van der Waals surface area contributed by atoms with E-state index in [-0.39, 0.29) is 10.9 Å². The zero-order valence-electron chi connectivity index (χ0n) is 11.3. The van der Waals surface area contributed by atoms with Gasteiger partial charge in [-0.25, -0.2) is 14.4 Å². The molecule has 0 spiro atoms. The van der Waals surface area contributed by atoms with Gasteiger partial charge in [0, 0.05) is 22.6 Å². The number of nitrogens with zero attached hydrogens (tertiary/aromatic N) is 2. The van der Waals surface area contributed by atoms with Crippen LogP contribution in [0.3, 0.4) is 0 Å². The zero-order chi connectivity index (χ0) is 14.9. The molecule has 1 aromatic heterocycles. The topological polar surface area (TPSA) is 37.8 Å². The fourth-order valence-corrected chi connectivity index (χ4v) is 2.54. The van der Waals surface area contributed by atoms with Crippen LogP contribution in [0.1, 0.15) is 25.3 Å². The van der Waals surface area contributed by atoms with Crippen LogP contribution in [0, 0.1) is 5.82 Å². The van der Waals surface area contributed by atoms with Gasteiger partial charge in [0.25, 0.3) is 0 Å². The molecule has 1 heterocycles. The summed E-state index contributed by atoms with van der Waals surface area (Å²) in [4.78, 5) is 8.43. The highest BCUT2D eigenvalue weighted by molar-refractivity contribution is 9.10. The van der Waals surface area contributed by atoms with E-state index in [0.717, 1.165) is 5.56 Å². The van der Waals surface area contributed by atoms with E-state index < -0.39 is 5.82 Å². The molecule has 0 unspecified atom stereocenters. The van der Waals surface area contributed by atoms with Gasteiger partial charge in [-0.2, -0.15) is 0 Å². The van der Waals surface area contributed by atoms with E-state index >= 15 is 0 Å². The fourth-order valence-electron chi connectivity index (χ4n) is 2.07. The molecule has 6 heteroatoms. The van der Waals surface area contributed by atoms with Crippen molar-refractivity contribution in [1.82, 2.24) is 9.97 Å². The van der Waals surface area contributed by atoms with Crippen LogP contribution >= 0.6 is 27.5 Å². The average molecular weight is 359 g/mol. The number of hydrogen-bond acceptors (Lipinski definition) is 3. The summed E-state index contributed by atoms with van der Waals surface area (Å²) < 4.78 is 14.9. The lowest BCUT2D eigenvalue weighted by atomic mass is 9.97. The summed E-state index contributed by atoms with van der Waals surface area (Å²) in [6.07, 6.45) is 1.42. The Bertz CT molecular complexity index is 647. The van der Waals surface area contributed by atoms with E-state index in [1.54, 1.807) is 19.2 Å². The molecule has 0 bridgehead atoms. The third kappa shape index (κ3) is 2.65. The van der Waals surface area contributed by atoms with Crippen LogP contribution < -0.4 is 5.32 Å². The van der Waals surface area contributed by atoms with Gasteiger partial charge in [-0.3, -0.25) is 0 Å². The molecule has 1 aromatic carbocycles. The van der Waals surface area contributed by atoms with Crippen molar-refractivity contribution in [2.45, 2.75) is 19.8 Å². The monoisotopic (exact) mass is 357 g/mol. The van der Waals surface area contributed by atoms with Crippen molar-refractivity contribution < 1.29 is 4.39 Å². The average Bonchev–Trinajstić information content (AvgIpc) is 2.44. The Balaban J connectivity index is 2.73. The van der Waals surface area contributed by atoms with Crippen molar-refractivity contribution in [1.29, 1.82) is 0 Å². The van der Waals surface area contributed by atoms with Gasteiger partial charge in [0.05, 0.1) is 10.7 Å². The molecule has 0 amide bonds. The predicted octanol–water partition coefficient (Wildman–Crippen LogP) is 4.86. The molecule has 106 valence electrons. The Morgan fingerprint density at radius 3 is 2.60 bits per heavy atom. The van der Waals surface area contributed by atoms with Gasteiger partial charge in [-0.1, -0.05) is 25.4 Å². The van der Waals surface area contributed by atoms with Gasteiger partial charge in [-0.15, -0.1) is 0 Å². The van der Waals surface area contributed by atoms with E-state index in [9.17, 15) is 4.39 Å². The number of halogens is 3. The van der Waals surface area contributed by atoms with E-state index in [0.29, 0.717) is 21.5 Å². The number of rotatable bonds is 3. The fraction of sp³-hybridized carbons (Fsp3) is 0.286. The minimum atomic E-state index is -0.483. The Morgan fingerprint density at radius 2 is 2.00 bits per heavy atom. The number of benzene rings is 1. The molecule has 2 rings (SSSR count). The van der Waals surface area contributed by atoms with Crippen molar-refractivity contribution in [3.05, 3.63) is 39.3 Å². The molecule has 0 fully saturated rings. The molecule has 0 saturated carbocycles. The molecular formula is C14H14BrClFN3. The lowest BCUT2D eigenvalue weighted by Crippen LogP contribution is -2.05. The second-order valence-corrected chi connectivity index (χ2v) is 5.84. The maximum atomic E-state index is 14.4. The van der Waals surface area contributed by atoms with Crippen molar-refractivity contribution in [3.63, 3.8) is 0 Å². The first kappa shape index (κ1) is 15.2. The highest BCUT2D eigenvalue weighted by Crippen LogP contribution is 2.37. The number of nitrogens with one attached hydrogen (secondary N) is 1. The second kappa shape index (κ2) is 6.06. The van der Waals surface area contributed by atoms with Gasteiger partial charge in [0.1, 0.15) is 12.1 Å². The van der Waals surface area contributed by atoms with E-state index in [1.807, 2.05) is 13.8 Å². The Kier molecular flexibility index (Phi) is 4.60. The maximum absolute atomic E-state index is 14.4. The third-order valence-corrected chi connectivity index (χ3v) is 4.25. The van der Waals surface area contributed by atoms with Crippen molar-refractivity contribution in [3.8, 4) is 11.3 Å². The molecule has 0 saturated heterocycles. The minimum absolute atomic E-state index is 0.0572. The molecule has 2 aromatic rings. The maximum Gasteiger partial charge on any atom is 0.152 e. The summed E-state index contributed by atoms with van der Waals surface area (Å²) in [7, 11) is 1.78. The smallest absolute Gasteiger partial charge is 0.152 e. The Morgan fingerprint density at radius 1 is 1.30 bits per heavy atom. The zero-order valence-corrected chi connectivity index (χ0v) is 13.7. The van der Waals surface area contributed by atoms with Gasteiger partial charge >= 0.3 is 0 Å². The normalized spacial score (nSPS) is 10.9. The summed E-state index contributed by atoms with van der Waals surface area (Å²) in [5.41, 5.74) is 1.80. The standard InChI is InChI=1S/C14H14BrClFN3/c1-7(2)10-13(19-6-20-14(10)18-3)8-4-5-9(15)11(16)12(8)17/h4-7H,1-3H3,(H,18,19,20).